The molecule has 0 spiro atoms. The summed E-state index contributed by atoms with van der Waals surface area (Å²) in [4.78, 5) is 6.46. The summed E-state index contributed by atoms with van der Waals surface area (Å²) in [5, 5.41) is 3.92. The van der Waals surface area contributed by atoms with Crippen LogP contribution in [0.1, 0.15) is 36.7 Å². The molecule has 0 saturated carbocycles. The standard InChI is InChI=1S/C15H22N4O.ClH/c1-11-5-7-12(8-6-11)9-19(4)10-13-17-14(18-20-13)15(2,3)16;/h5-8H,9-10,16H2,1-4H3;1H. The zero-order valence-electron chi connectivity index (χ0n) is 13.0. The van der Waals surface area contributed by atoms with Gasteiger partial charge in [0.05, 0.1) is 12.1 Å². The van der Waals surface area contributed by atoms with E-state index in [1.807, 2.05) is 20.9 Å². The van der Waals surface area contributed by atoms with Gasteiger partial charge in [-0.15, -0.1) is 12.4 Å². The van der Waals surface area contributed by atoms with Gasteiger partial charge in [-0.05, 0) is 33.4 Å². The lowest BCUT2D eigenvalue weighted by atomic mass is 10.1. The van der Waals surface area contributed by atoms with Gasteiger partial charge in [0.15, 0.2) is 5.82 Å². The number of benzene rings is 1. The number of nitrogens with zero attached hydrogens (tertiary/aromatic N) is 3. The van der Waals surface area contributed by atoms with Crippen LogP contribution in [0.2, 0.25) is 0 Å². The molecule has 0 fully saturated rings. The van der Waals surface area contributed by atoms with Crippen molar-refractivity contribution in [3.8, 4) is 0 Å². The van der Waals surface area contributed by atoms with Gasteiger partial charge >= 0.3 is 0 Å². The smallest absolute Gasteiger partial charge is 0.240 e. The first kappa shape index (κ1) is 17.6. The SMILES string of the molecule is Cc1ccc(CN(C)Cc2nc(C(C)(C)N)no2)cc1.Cl. The van der Waals surface area contributed by atoms with Crippen molar-refractivity contribution in [2.75, 3.05) is 7.05 Å². The molecule has 0 aliphatic carbocycles. The Hall–Kier alpha value is -1.43. The highest BCUT2D eigenvalue weighted by Crippen LogP contribution is 2.14. The molecule has 0 unspecified atom stereocenters. The Kier molecular flexibility index (Phi) is 5.89. The topological polar surface area (TPSA) is 68.2 Å². The maximum absolute atomic E-state index is 5.94. The van der Waals surface area contributed by atoms with Crippen LogP contribution < -0.4 is 5.73 Å². The lowest BCUT2D eigenvalue weighted by Gasteiger charge is -2.14. The number of halogens is 1. The molecule has 0 radical (unpaired) electrons. The normalized spacial score (nSPS) is 11.5. The lowest BCUT2D eigenvalue weighted by molar-refractivity contribution is 0.259. The minimum Gasteiger partial charge on any atom is -0.338 e. The third kappa shape index (κ3) is 5.12. The van der Waals surface area contributed by atoms with Crippen molar-refractivity contribution in [1.29, 1.82) is 0 Å². The van der Waals surface area contributed by atoms with Crippen LogP contribution in [0.4, 0.5) is 0 Å². The molecule has 0 saturated heterocycles. The number of hydrogen-bond donors (Lipinski definition) is 1. The summed E-state index contributed by atoms with van der Waals surface area (Å²) < 4.78 is 5.24. The Balaban J connectivity index is 0.00000220. The zero-order valence-corrected chi connectivity index (χ0v) is 13.8. The van der Waals surface area contributed by atoms with Gasteiger partial charge in [-0.2, -0.15) is 4.98 Å². The Labute approximate surface area is 131 Å². The Morgan fingerprint density at radius 1 is 1.19 bits per heavy atom. The fraction of sp³-hybridized carbons (Fsp3) is 0.467. The third-order valence-electron chi connectivity index (χ3n) is 3.02. The van der Waals surface area contributed by atoms with Gasteiger partial charge < -0.3 is 10.3 Å². The average Bonchev–Trinajstić information content (AvgIpc) is 2.80. The zero-order chi connectivity index (χ0) is 14.8. The quantitative estimate of drug-likeness (QED) is 0.919. The van der Waals surface area contributed by atoms with E-state index in [-0.39, 0.29) is 12.4 Å². The predicted octanol–water partition coefficient (Wildman–Crippen LogP) is 2.63. The molecule has 2 N–H and O–H groups in total. The van der Waals surface area contributed by atoms with Crippen LogP contribution >= 0.6 is 12.4 Å². The summed E-state index contributed by atoms with van der Waals surface area (Å²) in [6, 6.07) is 8.50. The second kappa shape index (κ2) is 7.02. The molecule has 0 aliphatic heterocycles. The maximum Gasteiger partial charge on any atom is 0.240 e. The van der Waals surface area contributed by atoms with Crippen molar-refractivity contribution in [1.82, 2.24) is 15.0 Å². The van der Waals surface area contributed by atoms with Crippen LogP contribution in [-0.2, 0) is 18.6 Å². The van der Waals surface area contributed by atoms with E-state index < -0.39 is 5.54 Å². The molecule has 2 aromatic rings. The van der Waals surface area contributed by atoms with E-state index in [9.17, 15) is 0 Å². The summed E-state index contributed by atoms with van der Waals surface area (Å²) in [6.45, 7) is 7.25. The summed E-state index contributed by atoms with van der Waals surface area (Å²) in [7, 11) is 2.03. The molecule has 116 valence electrons. The van der Waals surface area contributed by atoms with E-state index in [2.05, 4.69) is 46.2 Å². The second-order valence-corrected chi connectivity index (χ2v) is 5.89. The molecule has 1 aromatic carbocycles. The van der Waals surface area contributed by atoms with Gasteiger partial charge in [0, 0.05) is 6.54 Å². The van der Waals surface area contributed by atoms with Gasteiger partial charge in [-0.1, -0.05) is 35.0 Å². The summed E-state index contributed by atoms with van der Waals surface area (Å²) in [5.41, 5.74) is 7.90. The highest BCUT2D eigenvalue weighted by atomic mass is 35.5. The molecule has 0 bridgehead atoms. The first-order valence-corrected chi connectivity index (χ1v) is 6.70. The summed E-state index contributed by atoms with van der Waals surface area (Å²) >= 11 is 0. The summed E-state index contributed by atoms with van der Waals surface area (Å²) in [6.07, 6.45) is 0. The van der Waals surface area contributed by atoms with Gasteiger partial charge in [0.1, 0.15) is 0 Å². The largest absolute Gasteiger partial charge is 0.338 e. The monoisotopic (exact) mass is 310 g/mol. The third-order valence-corrected chi connectivity index (χ3v) is 3.02. The average molecular weight is 311 g/mol. The minimum absolute atomic E-state index is 0. The number of hydrogen-bond acceptors (Lipinski definition) is 5. The maximum atomic E-state index is 5.94. The van der Waals surface area contributed by atoms with E-state index in [1.54, 1.807) is 0 Å². The highest BCUT2D eigenvalue weighted by molar-refractivity contribution is 5.85. The number of rotatable bonds is 5. The molecule has 0 amide bonds. The van der Waals surface area contributed by atoms with Gasteiger partial charge in [0.25, 0.3) is 0 Å². The molecule has 0 aliphatic rings. The second-order valence-electron chi connectivity index (χ2n) is 5.89. The fourth-order valence-corrected chi connectivity index (χ4v) is 1.87. The van der Waals surface area contributed by atoms with Crippen LogP contribution in [0.5, 0.6) is 0 Å². The van der Waals surface area contributed by atoms with Crippen LogP contribution in [0.25, 0.3) is 0 Å². The number of aryl methyl sites for hydroxylation is 1. The van der Waals surface area contributed by atoms with Crippen molar-refractivity contribution in [3.63, 3.8) is 0 Å². The van der Waals surface area contributed by atoms with E-state index in [0.29, 0.717) is 18.3 Å². The first-order valence-electron chi connectivity index (χ1n) is 6.70. The van der Waals surface area contributed by atoms with Crippen molar-refractivity contribution in [2.45, 2.75) is 39.4 Å². The van der Waals surface area contributed by atoms with Crippen LogP contribution in [0, 0.1) is 6.92 Å². The van der Waals surface area contributed by atoms with Gasteiger partial charge in [-0.3, -0.25) is 4.90 Å². The van der Waals surface area contributed by atoms with Crippen molar-refractivity contribution < 1.29 is 4.52 Å². The van der Waals surface area contributed by atoms with E-state index >= 15 is 0 Å². The molecule has 6 heteroatoms. The van der Waals surface area contributed by atoms with Gasteiger partial charge in [0.2, 0.25) is 5.89 Å². The number of aromatic nitrogens is 2. The van der Waals surface area contributed by atoms with E-state index in [0.717, 1.165) is 6.54 Å². The van der Waals surface area contributed by atoms with E-state index in [1.165, 1.54) is 11.1 Å². The molecular weight excluding hydrogens is 288 g/mol. The molecule has 2 rings (SSSR count). The molecule has 1 aromatic heterocycles. The fourth-order valence-electron chi connectivity index (χ4n) is 1.87. The van der Waals surface area contributed by atoms with E-state index in [4.69, 9.17) is 10.3 Å². The highest BCUT2D eigenvalue weighted by Gasteiger charge is 2.21. The molecule has 0 atom stereocenters. The van der Waals surface area contributed by atoms with Crippen molar-refractivity contribution in [2.24, 2.45) is 5.73 Å². The summed E-state index contributed by atoms with van der Waals surface area (Å²) in [5.74, 6) is 1.13. The van der Waals surface area contributed by atoms with Crippen molar-refractivity contribution >= 4 is 12.4 Å². The lowest BCUT2D eigenvalue weighted by Crippen LogP contribution is -2.30. The number of nitrogens with two attached hydrogens (primary N) is 1. The molecule has 21 heavy (non-hydrogen) atoms. The predicted molar refractivity (Wildman–Crippen MR) is 85.1 cm³/mol. The van der Waals surface area contributed by atoms with Crippen molar-refractivity contribution in [3.05, 3.63) is 47.1 Å². The van der Waals surface area contributed by atoms with Crippen LogP contribution in [0.15, 0.2) is 28.8 Å². The molecular formula is C15H23ClN4O. The first-order chi connectivity index (χ1) is 9.34. The van der Waals surface area contributed by atoms with Gasteiger partial charge in [-0.25, -0.2) is 0 Å². The minimum atomic E-state index is -0.572. The Morgan fingerprint density at radius 2 is 1.81 bits per heavy atom. The van der Waals surface area contributed by atoms with Crippen LogP contribution in [0.3, 0.4) is 0 Å². The Morgan fingerprint density at radius 3 is 2.33 bits per heavy atom. The Bertz CT molecular complexity index is 560. The van der Waals surface area contributed by atoms with Crippen LogP contribution in [-0.4, -0.2) is 22.1 Å². The molecule has 1 heterocycles. The molecule has 5 nitrogen and oxygen atoms in total.